The highest BCUT2D eigenvalue weighted by molar-refractivity contribution is 6.08. The molecule has 2 aliphatic rings. The Morgan fingerprint density at radius 3 is 2.71 bits per heavy atom. The highest BCUT2D eigenvalue weighted by Crippen LogP contribution is 2.52. The molecule has 0 saturated heterocycles. The van der Waals surface area contributed by atoms with Gasteiger partial charge in [-0.2, -0.15) is 0 Å². The Kier molecular flexibility index (Phi) is 5.86. The Morgan fingerprint density at radius 1 is 1.17 bits per heavy atom. The van der Waals surface area contributed by atoms with Gasteiger partial charge < -0.3 is 20.5 Å². The number of nitrogens with zero attached hydrogens (tertiary/aromatic N) is 1. The number of hydrogen-bond donors (Lipinski definition) is 3. The number of nitro groups is 1. The summed E-state index contributed by atoms with van der Waals surface area (Å²) in [5, 5.41) is 28.4. The molecule has 0 radical (unpaired) electrons. The molecule has 8 nitrogen and oxygen atoms in total. The van der Waals surface area contributed by atoms with E-state index in [2.05, 4.69) is 22.8 Å². The van der Waals surface area contributed by atoms with Gasteiger partial charge in [0, 0.05) is 29.3 Å². The number of carbonyl (C=O) groups is 1. The normalized spacial score (nSPS) is 19.9. The maximum Gasteiger partial charge on any atom is 0.270 e. The number of amides is 1. The number of carbonyl (C=O) groups excluding carboxylic acids is 1. The topological polar surface area (TPSA) is 114 Å². The first-order valence-corrected chi connectivity index (χ1v) is 11.5. The summed E-state index contributed by atoms with van der Waals surface area (Å²) in [6, 6.07) is 16.4. The second-order valence-electron chi connectivity index (χ2n) is 8.66. The Balaban J connectivity index is 1.50. The lowest BCUT2D eigenvalue weighted by Gasteiger charge is -2.38. The van der Waals surface area contributed by atoms with E-state index in [1.807, 2.05) is 19.1 Å². The van der Waals surface area contributed by atoms with Gasteiger partial charge in [-0.15, -0.1) is 0 Å². The first-order valence-electron chi connectivity index (χ1n) is 11.5. The first-order chi connectivity index (χ1) is 17.0. The summed E-state index contributed by atoms with van der Waals surface area (Å²) in [7, 11) is 0. The van der Waals surface area contributed by atoms with Gasteiger partial charge in [-0.05, 0) is 61.2 Å². The van der Waals surface area contributed by atoms with E-state index < -0.39 is 11.0 Å². The van der Waals surface area contributed by atoms with Crippen molar-refractivity contribution in [2.75, 3.05) is 17.2 Å². The van der Waals surface area contributed by atoms with E-state index >= 15 is 0 Å². The molecule has 3 atom stereocenters. The Labute approximate surface area is 202 Å². The van der Waals surface area contributed by atoms with Crippen LogP contribution in [0.25, 0.3) is 0 Å². The molecular weight excluding hydrogens is 446 g/mol. The van der Waals surface area contributed by atoms with E-state index in [1.165, 1.54) is 18.2 Å². The van der Waals surface area contributed by atoms with Crippen molar-refractivity contribution in [3.8, 4) is 11.5 Å². The van der Waals surface area contributed by atoms with E-state index in [4.69, 9.17) is 4.74 Å². The van der Waals surface area contributed by atoms with Gasteiger partial charge in [-0.3, -0.25) is 14.9 Å². The minimum Gasteiger partial charge on any atom is -0.508 e. The van der Waals surface area contributed by atoms with Crippen molar-refractivity contribution in [1.82, 2.24) is 0 Å². The van der Waals surface area contributed by atoms with Crippen LogP contribution in [0.2, 0.25) is 0 Å². The maximum absolute atomic E-state index is 13.3. The molecule has 1 heterocycles. The van der Waals surface area contributed by atoms with Crippen LogP contribution in [0.5, 0.6) is 11.5 Å². The molecule has 0 aromatic heterocycles. The molecule has 0 fully saturated rings. The van der Waals surface area contributed by atoms with Gasteiger partial charge in [0.1, 0.15) is 11.5 Å². The zero-order chi connectivity index (χ0) is 24.5. The SMILES string of the molecule is CCOc1ccc(NC(=O)c2cccc3c2NC(c2cc([N+](=O)[O-])ccc2O)C2CC=CC32)cc1. The number of fused-ring (bicyclic) bond motifs is 3. The molecular formula is C27H25N3O5. The zero-order valence-electron chi connectivity index (χ0n) is 19.1. The third kappa shape index (κ3) is 4.19. The van der Waals surface area contributed by atoms with E-state index in [0.717, 1.165) is 17.7 Å². The highest BCUT2D eigenvalue weighted by atomic mass is 16.6. The predicted octanol–water partition coefficient (Wildman–Crippen LogP) is 5.78. The molecule has 35 heavy (non-hydrogen) atoms. The number of nitrogens with one attached hydrogen (secondary N) is 2. The van der Waals surface area contributed by atoms with Crippen LogP contribution in [0, 0.1) is 16.0 Å². The highest BCUT2D eigenvalue weighted by Gasteiger charge is 2.40. The second-order valence-corrected chi connectivity index (χ2v) is 8.66. The number of hydrogen-bond acceptors (Lipinski definition) is 6. The second kappa shape index (κ2) is 9.13. The number of non-ortho nitro benzene ring substituents is 1. The van der Waals surface area contributed by atoms with Crippen LogP contribution in [0.15, 0.2) is 72.8 Å². The predicted molar refractivity (Wildman–Crippen MR) is 133 cm³/mol. The van der Waals surface area contributed by atoms with Crippen LogP contribution >= 0.6 is 0 Å². The molecule has 3 aromatic carbocycles. The number of para-hydroxylation sites is 1. The molecule has 0 spiro atoms. The lowest BCUT2D eigenvalue weighted by Crippen LogP contribution is -2.31. The van der Waals surface area contributed by atoms with Crippen LogP contribution in [-0.2, 0) is 0 Å². The van der Waals surface area contributed by atoms with E-state index in [0.29, 0.717) is 29.1 Å². The quantitative estimate of drug-likeness (QED) is 0.239. The Morgan fingerprint density at radius 2 is 1.97 bits per heavy atom. The van der Waals surface area contributed by atoms with Crippen LogP contribution in [0.4, 0.5) is 17.1 Å². The molecule has 3 aromatic rings. The summed E-state index contributed by atoms with van der Waals surface area (Å²) in [5.41, 5.74) is 3.12. The van der Waals surface area contributed by atoms with Crippen molar-refractivity contribution >= 4 is 23.0 Å². The maximum atomic E-state index is 13.3. The van der Waals surface area contributed by atoms with Gasteiger partial charge in [0.15, 0.2) is 0 Å². The fourth-order valence-corrected chi connectivity index (χ4v) is 5.02. The van der Waals surface area contributed by atoms with Crippen LogP contribution in [0.1, 0.15) is 46.8 Å². The van der Waals surface area contributed by atoms with Gasteiger partial charge >= 0.3 is 0 Å². The third-order valence-corrected chi connectivity index (χ3v) is 6.62. The van der Waals surface area contributed by atoms with Gasteiger partial charge in [0.05, 0.1) is 28.8 Å². The standard InChI is InChI=1S/C27H25N3O5/c1-2-35-18-12-9-16(10-13-18)28-27(32)22-8-4-7-20-19-5-3-6-21(19)26(29-25(20)22)23-15-17(30(33)34)11-14-24(23)31/h3-5,7-15,19,21,26,29,31H,2,6H2,1H3,(H,28,32). The average molecular weight is 472 g/mol. The summed E-state index contributed by atoms with van der Waals surface area (Å²) < 4.78 is 5.46. The van der Waals surface area contributed by atoms with Crippen molar-refractivity contribution in [3.05, 3.63) is 99.6 Å². The lowest BCUT2D eigenvalue weighted by atomic mass is 9.76. The van der Waals surface area contributed by atoms with Crippen molar-refractivity contribution in [2.24, 2.45) is 5.92 Å². The van der Waals surface area contributed by atoms with Gasteiger partial charge in [0.2, 0.25) is 0 Å². The van der Waals surface area contributed by atoms with E-state index in [1.54, 1.807) is 30.3 Å². The average Bonchev–Trinajstić information content (AvgIpc) is 3.35. The van der Waals surface area contributed by atoms with Crippen molar-refractivity contribution in [2.45, 2.75) is 25.3 Å². The number of rotatable bonds is 6. The summed E-state index contributed by atoms with van der Waals surface area (Å²) in [4.78, 5) is 24.2. The van der Waals surface area contributed by atoms with E-state index in [-0.39, 0.29) is 29.2 Å². The zero-order valence-corrected chi connectivity index (χ0v) is 19.1. The fraction of sp³-hybridized carbons (Fsp3) is 0.222. The molecule has 3 unspecified atom stereocenters. The number of ether oxygens (including phenoxy) is 1. The third-order valence-electron chi connectivity index (χ3n) is 6.62. The monoisotopic (exact) mass is 471 g/mol. The van der Waals surface area contributed by atoms with Crippen molar-refractivity contribution in [1.29, 1.82) is 0 Å². The van der Waals surface area contributed by atoms with Crippen LogP contribution < -0.4 is 15.4 Å². The number of allylic oxidation sites excluding steroid dienone is 2. The Hall–Kier alpha value is -4.33. The minimum absolute atomic E-state index is 0.0153. The smallest absolute Gasteiger partial charge is 0.270 e. The molecule has 1 aliphatic heterocycles. The number of benzene rings is 3. The number of aromatic hydroxyl groups is 1. The summed E-state index contributed by atoms with van der Waals surface area (Å²) >= 11 is 0. The molecule has 5 rings (SSSR count). The van der Waals surface area contributed by atoms with Gasteiger partial charge in [-0.25, -0.2) is 0 Å². The lowest BCUT2D eigenvalue weighted by molar-refractivity contribution is -0.385. The largest absolute Gasteiger partial charge is 0.508 e. The molecule has 0 saturated carbocycles. The number of phenolic OH excluding ortho intramolecular Hbond substituents is 1. The van der Waals surface area contributed by atoms with Crippen molar-refractivity contribution in [3.63, 3.8) is 0 Å². The summed E-state index contributed by atoms with van der Waals surface area (Å²) in [6.45, 7) is 2.47. The minimum atomic E-state index is -0.472. The number of phenols is 1. The van der Waals surface area contributed by atoms with Crippen molar-refractivity contribution < 1.29 is 19.6 Å². The molecule has 8 heteroatoms. The Bertz CT molecular complexity index is 1320. The molecule has 3 N–H and O–H groups in total. The van der Waals surface area contributed by atoms with Gasteiger partial charge in [0.25, 0.3) is 11.6 Å². The fourth-order valence-electron chi connectivity index (χ4n) is 5.02. The van der Waals surface area contributed by atoms with E-state index in [9.17, 15) is 20.0 Å². The number of nitro benzene ring substituents is 1. The summed E-state index contributed by atoms with van der Waals surface area (Å²) in [6.07, 6.45) is 4.95. The first kappa shape index (κ1) is 22.5. The molecule has 1 aliphatic carbocycles. The number of anilines is 2. The molecule has 0 bridgehead atoms. The summed E-state index contributed by atoms with van der Waals surface area (Å²) in [5.74, 6) is 0.510. The van der Waals surface area contributed by atoms with Gasteiger partial charge in [-0.1, -0.05) is 24.3 Å². The molecule has 178 valence electrons. The van der Waals surface area contributed by atoms with Crippen LogP contribution in [-0.4, -0.2) is 22.5 Å². The van der Waals surface area contributed by atoms with Crippen LogP contribution in [0.3, 0.4) is 0 Å². The molecule has 1 amide bonds.